The maximum Gasteiger partial charge on any atom is 0.335 e. The molecule has 8 nitrogen and oxygen atoms in total. The van der Waals surface area contributed by atoms with Crippen molar-refractivity contribution in [1.29, 1.82) is 0 Å². The van der Waals surface area contributed by atoms with E-state index in [1.54, 1.807) is 6.07 Å². The average molecular weight is 369 g/mol. The molecule has 27 heavy (non-hydrogen) atoms. The van der Waals surface area contributed by atoms with Gasteiger partial charge in [0.15, 0.2) is 5.66 Å². The molecule has 3 rings (SSSR count). The lowest BCUT2D eigenvalue weighted by molar-refractivity contribution is -0.122. The first kappa shape index (κ1) is 18.8. The molecule has 0 unspecified atom stereocenters. The van der Waals surface area contributed by atoms with Gasteiger partial charge in [-0.1, -0.05) is 0 Å². The van der Waals surface area contributed by atoms with Gasteiger partial charge in [0.2, 0.25) is 5.91 Å². The Morgan fingerprint density at radius 1 is 1.33 bits per heavy atom. The zero-order valence-corrected chi connectivity index (χ0v) is 15.1. The molecule has 2 aliphatic heterocycles. The van der Waals surface area contributed by atoms with Crippen LogP contribution in [0.3, 0.4) is 0 Å². The number of aromatic nitrogens is 1. The molecular weight excluding hydrogens is 346 g/mol. The maximum absolute atomic E-state index is 12.2. The van der Waals surface area contributed by atoms with E-state index in [0.717, 1.165) is 25.9 Å². The van der Waals surface area contributed by atoms with E-state index in [9.17, 15) is 9.59 Å². The lowest BCUT2D eigenvalue weighted by Crippen LogP contribution is -2.45. The number of hydrogen-bond donors (Lipinski definition) is 2. The average Bonchev–Trinajstić information content (AvgIpc) is 3.46. The number of pyridine rings is 1. The van der Waals surface area contributed by atoms with Crippen LogP contribution in [0.5, 0.6) is 0 Å². The first-order valence-electron chi connectivity index (χ1n) is 9.12. The van der Waals surface area contributed by atoms with Gasteiger partial charge in [-0.3, -0.25) is 4.79 Å². The molecule has 0 spiro atoms. The largest absolute Gasteiger partial charge is 0.478 e. The highest BCUT2D eigenvalue weighted by atomic mass is 16.4. The number of rotatable bonds is 8. The minimum Gasteiger partial charge on any atom is -0.478 e. The number of terminal acetylenes is 1. The molecule has 8 heteroatoms. The number of hydrogen-bond acceptors (Lipinski definition) is 6. The predicted molar refractivity (Wildman–Crippen MR) is 99.5 cm³/mol. The molecule has 2 N–H and O–H groups in total. The lowest BCUT2D eigenvalue weighted by atomic mass is 10.0. The summed E-state index contributed by atoms with van der Waals surface area (Å²) >= 11 is 0. The zero-order chi connectivity index (χ0) is 19.3. The van der Waals surface area contributed by atoms with Crippen molar-refractivity contribution >= 4 is 17.7 Å². The number of nitrogens with one attached hydrogen (secondary N) is 1. The van der Waals surface area contributed by atoms with Crippen LogP contribution in [0.15, 0.2) is 28.6 Å². The van der Waals surface area contributed by atoms with Gasteiger partial charge < -0.3 is 15.3 Å². The minimum atomic E-state index is -0.963. The number of nitrogens with zero attached hydrogens (tertiary/aromatic N) is 4. The third-order valence-electron chi connectivity index (χ3n) is 4.98. The van der Waals surface area contributed by atoms with Crippen LogP contribution in [0.4, 0.5) is 5.82 Å². The Kier molecular flexibility index (Phi) is 5.69. The number of aromatic carboxylic acids is 1. The molecule has 3 heterocycles. The van der Waals surface area contributed by atoms with Gasteiger partial charge in [-0.15, -0.1) is 12.3 Å². The van der Waals surface area contributed by atoms with Gasteiger partial charge in [0.05, 0.1) is 5.56 Å². The number of piperidine rings is 1. The monoisotopic (exact) mass is 369 g/mol. The molecule has 1 fully saturated rings. The summed E-state index contributed by atoms with van der Waals surface area (Å²) in [6.07, 6.45) is 10.7. The Hall–Kier alpha value is -2.95. The van der Waals surface area contributed by atoms with E-state index < -0.39 is 11.6 Å². The van der Waals surface area contributed by atoms with Crippen LogP contribution in [0.2, 0.25) is 0 Å². The molecule has 1 aromatic heterocycles. The van der Waals surface area contributed by atoms with Crippen molar-refractivity contribution < 1.29 is 14.7 Å². The van der Waals surface area contributed by atoms with E-state index in [1.165, 1.54) is 12.3 Å². The Bertz CT molecular complexity index is 772. The second kappa shape index (κ2) is 8.16. The fourth-order valence-corrected chi connectivity index (χ4v) is 3.26. The van der Waals surface area contributed by atoms with E-state index in [2.05, 4.69) is 26.4 Å². The van der Waals surface area contributed by atoms with Crippen molar-refractivity contribution in [3.05, 3.63) is 23.9 Å². The van der Waals surface area contributed by atoms with Crippen molar-refractivity contribution in [1.82, 2.24) is 10.3 Å². The maximum atomic E-state index is 12.2. The van der Waals surface area contributed by atoms with Crippen LogP contribution in [-0.4, -0.2) is 46.8 Å². The fourth-order valence-electron chi connectivity index (χ4n) is 3.26. The summed E-state index contributed by atoms with van der Waals surface area (Å²) in [5, 5.41) is 20.3. The highest BCUT2D eigenvalue weighted by Gasteiger charge is 2.39. The minimum absolute atomic E-state index is 0.0110. The first-order chi connectivity index (χ1) is 13.0. The van der Waals surface area contributed by atoms with E-state index in [-0.39, 0.29) is 17.5 Å². The standard InChI is InChI=1S/C19H23N5O3/c1-2-3-8-19(22-23-19)9-4-17(25)21-15-6-11-24(12-7-15)16-13-14(18(26)27)5-10-20-16/h1,5,10,13,15H,3-4,6-9,11-12H2,(H,21,25)(H,26,27). The zero-order valence-electron chi connectivity index (χ0n) is 15.1. The predicted octanol–water partition coefficient (Wildman–Crippen LogP) is 2.22. The topological polar surface area (TPSA) is 107 Å². The van der Waals surface area contributed by atoms with E-state index >= 15 is 0 Å². The molecule has 2 aliphatic rings. The van der Waals surface area contributed by atoms with Crippen molar-refractivity contribution in [2.45, 2.75) is 50.2 Å². The van der Waals surface area contributed by atoms with Crippen molar-refractivity contribution in [3.63, 3.8) is 0 Å². The summed E-state index contributed by atoms with van der Waals surface area (Å²) in [7, 11) is 0. The van der Waals surface area contributed by atoms with Crippen LogP contribution in [0, 0.1) is 12.3 Å². The van der Waals surface area contributed by atoms with Crippen LogP contribution >= 0.6 is 0 Å². The molecule has 0 bridgehead atoms. The van der Waals surface area contributed by atoms with Gasteiger partial charge in [-0.05, 0) is 25.0 Å². The normalized spacial score (nSPS) is 18.0. The van der Waals surface area contributed by atoms with E-state index in [1.807, 2.05) is 4.90 Å². The molecule has 0 radical (unpaired) electrons. The SMILES string of the molecule is C#CCCC1(CCC(=O)NC2CCN(c3cc(C(=O)O)ccn3)CC2)N=N1. The number of carbonyl (C=O) groups is 2. The highest BCUT2D eigenvalue weighted by molar-refractivity contribution is 5.88. The first-order valence-corrected chi connectivity index (χ1v) is 9.12. The smallest absolute Gasteiger partial charge is 0.335 e. The van der Waals surface area contributed by atoms with Gasteiger partial charge >= 0.3 is 5.97 Å². The molecule has 142 valence electrons. The number of carboxylic acid groups (broad SMARTS) is 1. The number of amides is 1. The van der Waals surface area contributed by atoms with Crippen LogP contribution in [0.25, 0.3) is 0 Å². The fraction of sp³-hybridized carbons (Fsp3) is 0.526. The van der Waals surface area contributed by atoms with Crippen LogP contribution in [-0.2, 0) is 4.79 Å². The summed E-state index contributed by atoms with van der Waals surface area (Å²) in [6.45, 7) is 1.44. The second-order valence-corrected chi connectivity index (χ2v) is 6.92. The summed E-state index contributed by atoms with van der Waals surface area (Å²) in [4.78, 5) is 29.6. The lowest BCUT2D eigenvalue weighted by Gasteiger charge is -2.33. The molecule has 0 atom stereocenters. The van der Waals surface area contributed by atoms with Gasteiger partial charge in [-0.2, -0.15) is 10.2 Å². The van der Waals surface area contributed by atoms with Gasteiger partial charge in [0.1, 0.15) is 5.82 Å². The molecule has 1 aromatic rings. The van der Waals surface area contributed by atoms with E-state index in [0.29, 0.717) is 31.5 Å². The van der Waals surface area contributed by atoms with E-state index in [4.69, 9.17) is 11.5 Å². The quantitative estimate of drug-likeness (QED) is 0.683. The molecular formula is C19H23N5O3. The Morgan fingerprint density at radius 2 is 2.07 bits per heavy atom. The number of carbonyl (C=O) groups excluding carboxylic acids is 1. The third-order valence-corrected chi connectivity index (χ3v) is 4.98. The highest BCUT2D eigenvalue weighted by Crippen LogP contribution is 2.37. The molecule has 1 saturated heterocycles. The van der Waals surface area contributed by atoms with Gasteiger partial charge in [0.25, 0.3) is 0 Å². The Morgan fingerprint density at radius 3 is 2.70 bits per heavy atom. The molecule has 0 aromatic carbocycles. The summed E-state index contributed by atoms with van der Waals surface area (Å²) in [6, 6.07) is 3.18. The van der Waals surface area contributed by atoms with Gasteiger partial charge in [-0.25, -0.2) is 9.78 Å². The Labute approximate surface area is 158 Å². The summed E-state index contributed by atoms with van der Waals surface area (Å²) in [5.74, 6) is 2.29. The second-order valence-electron chi connectivity index (χ2n) is 6.92. The molecule has 1 amide bonds. The number of carboxylic acids is 1. The Balaban J connectivity index is 1.42. The summed E-state index contributed by atoms with van der Waals surface area (Å²) < 4.78 is 0. The molecule has 0 aliphatic carbocycles. The third kappa shape index (κ3) is 5.03. The summed E-state index contributed by atoms with van der Waals surface area (Å²) in [5.41, 5.74) is -0.196. The van der Waals surface area contributed by atoms with Gasteiger partial charge in [0, 0.05) is 51.0 Å². The van der Waals surface area contributed by atoms with Crippen molar-refractivity contribution in [2.24, 2.45) is 10.2 Å². The number of anilines is 1. The van der Waals surface area contributed by atoms with Crippen molar-refractivity contribution in [2.75, 3.05) is 18.0 Å². The van der Waals surface area contributed by atoms with Crippen LogP contribution < -0.4 is 10.2 Å². The van der Waals surface area contributed by atoms with Crippen molar-refractivity contribution in [3.8, 4) is 12.3 Å². The van der Waals surface area contributed by atoms with Crippen LogP contribution in [0.1, 0.15) is 48.9 Å². The molecule has 0 saturated carbocycles.